The number of carbonyl (C=O) groups is 2. The summed E-state index contributed by atoms with van der Waals surface area (Å²) in [5.74, 6) is 0. The monoisotopic (exact) mass is 341 g/mol. The van der Waals surface area contributed by atoms with Gasteiger partial charge in [-0.15, -0.1) is 0 Å². The second-order valence-corrected chi connectivity index (χ2v) is 6.60. The average Bonchev–Trinajstić information content (AvgIpc) is 2.99. The molecular formula is C21H15N3O2. The number of hydrogen-bond acceptors (Lipinski definition) is 2. The van der Waals surface area contributed by atoms with Gasteiger partial charge in [0.05, 0.1) is 0 Å². The second-order valence-electron chi connectivity index (χ2n) is 6.60. The molecule has 0 aliphatic carbocycles. The number of urea groups is 2. The summed E-state index contributed by atoms with van der Waals surface area (Å²) in [6.07, 6.45) is 1.47. The molecule has 0 unspecified atom stereocenters. The first-order chi connectivity index (χ1) is 12.7. The number of rotatable bonds is 4. The Morgan fingerprint density at radius 3 is 2.08 bits per heavy atom. The van der Waals surface area contributed by atoms with E-state index in [-0.39, 0.29) is 0 Å². The summed E-state index contributed by atoms with van der Waals surface area (Å²) in [5, 5.41) is 14.1. The van der Waals surface area contributed by atoms with Gasteiger partial charge in [-0.25, -0.2) is 14.5 Å². The SMILES string of the molecule is O=C1N=NC(=O)N1CCCc1ccc2ccc3cccc4ccc1c2c34. The molecule has 0 N–H and O–H groups in total. The lowest BCUT2D eigenvalue weighted by Gasteiger charge is -2.15. The highest BCUT2D eigenvalue weighted by atomic mass is 16.2. The van der Waals surface area contributed by atoms with E-state index in [4.69, 9.17) is 0 Å². The van der Waals surface area contributed by atoms with Gasteiger partial charge in [0, 0.05) is 6.54 Å². The van der Waals surface area contributed by atoms with Crippen LogP contribution in [0.25, 0.3) is 32.3 Å². The van der Waals surface area contributed by atoms with Crippen LogP contribution in [0.1, 0.15) is 12.0 Å². The van der Waals surface area contributed by atoms with Crippen molar-refractivity contribution >= 4 is 44.4 Å². The van der Waals surface area contributed by atoms with Crippen molar-refractivity contribution in [2.45, 2.75) is 12.8 Å². The molecule has 0 radical (unpaired) electrons. The van der Waals surface area contributed by atoms with E-state index >= 15 is 0 Å². The summed E-state index contributed by atoms with van der Waals surface area (Å²) in [5.41, 5.74) is 1.23. The zero-order valence-electron chi connectivity index (χ0n) is 14.0. The van der Waals surface area contributed by atoms with Crippen molar-refractivity contribution < 1.29 is 9.59 Å². The van der Waals surface area contributed by atoms with Crippen molar-refractivity contribution in [3.8, 4) is 0 Å². The fourth-order valence-corrected chi connectivity index (χ4v) is 3.91. The van der Waals surface area contributed by atoms with Gasteiger partial charge in [0.2, 0.25) is 0 Å². The number of hydrogen-bond donors (Lipinski definition) is 0. The number of benzene rings is 4. The molecule has 4 aromatic rings. The molecule has 4 aromatic carbocycles. The molecule has 126 valence electrons. The molecule has 1 aliphatic heterocycles. The number of aryl methyl sites for hydroxylation is 1. The Kier molecular flexibility index (Phi) is 3.22. The Hall–Kier alpha value is -3.34. The molecule has 5 rings (SSSR count). The molecule has 5 nitrogen and oxygen atoms in total. The molecule has 0 spiro atoms. The van der Waals surface area contributed by atoms with Crippen LogP contribution in [-0.4, -0.2) is 23.5 Å². The van der Waals surface area contributed by atoms with Crippen LogP contribution in [0, 0.1) is 0 Å². The van der Waals surface area contributed by atoms with Gasteiger partial charge < -0.3 is 0 Å². The summed E-state index contributed by atoms with van der Waals surface area (Å²) >= 11 is 0. The number of imide groups is 1. The third-order valence-corrected chi connectivity index (χ3v) is 5.13. The Balaban J connectivity index is 1.52. The first kappa shape index (κ1) is 15.0. The maximum absolute atomic E-state index is 11.5. The largest absolute Gasteiger partial charge is 0.370 e. The van der Waals surface area contributed by atoms with Gasteiger partial charge in [0.25, 0.3) is 0 Å². The minimum absolute atomic E-state index is 0.340. The van der Waals surface area contributed by atoms with Gasteiger partial charge in [-0.3, -0.25) is 0 Å². The van der Waals surface area contributed by atoms with Crippen LogP contribution >= 0.6 is 0 Å². The molecule has 5 heteroatoms. The van der Waals surface area contributed by atoms with Crippen LogP contribution in [0.4, 0.5) is 9.59 Å². The van der Waals surface area contributed by atoms with E-state index in [1.807, 2.05) is 0 Å². The first-order valence-electron chi connectivity index (χ1n) is 8.65. The van der Waals surface area contributed by atoms with Crippen LogP contribution in [-0.2, 0) is 6.42 Å². The molecule has 1 aliphatic rings. The predicted octanol–water partition coefficient (Wildman–Crippen LogP) is 5.52. The molecule has 0 bridgehead atoms. The van der Waals surface area contributed by atoms with E-state index in [0.717, 1.165) is 11.3 Å². The van der Waals surface area contributed by atoms with Gasteiger partial charge in [0.1, 0.15) is 0 Å². The van der Waals surface area contributed by atoms with Crippen LogP contribution in [0.3, 0.4) is 0 Å². The van der Waals surface area contributed by atoms with E-state index in [1.165, 1.54) is 37.9 Å². The second kappa shape index (κ2) is 5.59. The predicted molar refractivity (Wildman–Crippen MR) is 101 cm³/mol. The minimum atomic E-state index is -0.564. The van der Waals surface area contributed by atoms with Crippen LogP contribution < -0.4 is 0 Å². The topological polar surface area (TPSA) is 62.1 Å². The number of amides is 4. The summed E-state index contributed by atoms with van der Waals surface area (Å²) in [6.45, 7) is 0.340. The van der Waals surface area contributed by atoms with E-state index in [1.54, 1.807) is 0 Å². The lowest BCUT2D eigenvalue weighted by atomic mass is 9.91. The van der Waals surface area contributed by atoms with E-state index in [2.05, 4.69) is 64.8 Å². The Bertz CT molecular complexity index is 1180. The summed E-state index contributed by atoms with van der Waals surface area (Å²) < 4.78 is 0. The molecule has 0 aromatic heterocycles. The third kappa shape index (κ3) is 2.17. The Morgan fingerprint density at radius 1 is 0.731 bits per heavy atom. The molecule has 0 atom stereocenters. The van der Waals surface area contributed by atoms with Crippen molar-refractivity contribution in [1.29, 1.82) is 0 Å². The molecule has 0 saturated heterocycles. The van der Waals surface area contributed by atoms with Crippen molar-refractivity contribution in [3.05, 3.63) is 60.2 Å². The maximum Gasteiger partial charge on any atom is 0.370 e. The van der Waals surface area contributed by atoms with Crippen molar-refractivity contribution in [3.63, 3.8) is 0 Å². The summed E-state index contributed by atoms with van der Waals surface area (Å²) in [4.78, 5) is 24.1. The average molecular weight is 341 g/mol. The highest BCUT2D eigenvalue weighted by Crippen LogP contribution is 2.36. The molecule has 0 fully saturated rings. The fourth-order valence-electron chi connectivity index (χ4n) is 3.91. The van der Waals surface area contributed by atoms with Crippen LogP contribution in [0.5, 0.6) is 0 Å². The quantitative estimate of drug-likeness (QED) is 0.458. The van der Waals surface area contributed by atoms with Crippen molar-refractivity contribution in [2.75, 3.05) is 6.54 Å². The van der Waals surface area contributed by atoms with Gasteiger partial charge >= 0.3 is 12.1 Å². The fraction of sp³-hybridized carbons (Fsp3) is 0.143. The Morgan fingerprint density at radius 2 is 1.35 bits per heavy atom. The number of carbonyl (C=O) groups excluding carboxylic acids is 2. The van der Waals surface area contributed by atoms with E-state index in [0.29, 0.717) is 13.0 Å². The summed E-state index contributed by atoms with van der Waals surface area (Å²) in [6, 6.07) is 18.2. The van der Waals surface area contributed by atoms with Crippen LogP contribution in [0.15, 0.2) is 64.8 Å². The lowest BCUT2D eigenvalue weighted by molar-refractivity contribution is 0.205. The van der Waals surface area contributed by atoms with Gasteiger partial charge in [-0.2, -0.15) is 0 Å². The lowest BCUT2D eigenvalue weighted by Crippen LogP contribution is -2.29. The highest BCUT2D eigenvalue weighted by molar-refractivity contribution is 6.23. The normalized spacial score (nSPS) is 14.5. The highest BCUT2D eigenvalue weighted by Gasteiger charge is 2.26. The van der Waals surface area contributed by atoms with E-state index in [9.17, 15) is 9.59 Å². The zero-order chi connectivity index (χ0) is 17.7. The minimum Gasteiger partial charge on any atom is -0.244 e. The van der Waals surface area contributed by atoms with Crippen LogP contribution in [0.2, 0.25) is 0 Å². The summed E-state index contributed by atoms with van der Waals surface area (Å²) in [7, 11) is 0. The smallest absolute Gasteiger partial charge is 0.244 e. The molecule has 0 saturated carbocycles. The van der Waals surface area contributed by atoms with Gasteiger partial charge in [-0.1, -0.05) is 64.8 Å². The number of nitrogens with zero attached hydrogens (tertiary/aromatic N) is 3. The number of azo groups is 1. The molecule has 4 amide bonds. The van der Waals surface area contributed by atoms with E-state index < -0.39 is 12.1 Å². The molecular weight excluding hydrogens is 326 g/mol. The standard InChI is InChI=1S/C21H15N3O2/c25-20-22-23-21(26)24(20)12-2-5-13-6-7-16-9-8-14-3-1-4-15-10-11-17(13)19(16)18(14)15/h1,3-4,6-11H,2,5,12H2. The van der Waals surface area contributed by atoms with Gasteiger partial charge in [0.15, 0.2) is 0 Å². The van der Waals surface area contributed by atoms with Crippen molar-refractivity contribution in [1.82, 2.24) is 4.90 Å². The molecule has 1 heterocycles. The third-order valence-electron chi connectivity index (χ3n) is 5.13. The maximum atomic E-state index is 11.5. The zero-order valence-corrected chi connectivity index (χ0v) is 14.0. The molecule has 26 heavy (non-hydrogen) atoms. The first-order valence-corrected chi connectivity index (χ1v) is 8.65. The van der Waals surface area contributed by atoms with Crippen molar-refractivity contribution in [2.24, 2.45) is 10.2 Å². The Labute approximate surface area is 149 Å². The van der Waals surface area contributed by atoms with Gasteiger partial charge in [-0.05, 0) is 50.7 Å².